The van der Waals surface area contributed by atoms with Crippen molar-refractivity contribution >= 4 is 11.6 Å². The summed E-state index contributed by atoms with van der Waals surface area (Å²) in [6, 6.07) is 1.38. The highest BCUT2D eigenvalue weighted by Crippen LogP contribution is 2.30. The Morgan fingerprint density at radius 1 is 0.708 bits per heavy atom. The Labute approximate surface area is 146 Å². The van der Waals surface area contributed by atoms with E-state index in [0.717, 1.165) is 37.8 Å². The van der Waals surface area contributed by atoms with Gasteiger partial charge in [0.2, 0.25) is 0 Å². The normalized spacial score (nSPS) is 21.1. The first kappa shape index (κ1) is 17.4. The van der Waals surface area contributed by atoms with E-state index in [1.54, 1.807) is 0 Å². The van der Waals surface area contributed by atoms with Crippen LogP contribution in [0.15, 0.2) is 12.4 Å². The van der Waals surface area contributed by atoms with E-state index in [1.165, 1.54) is 25.7 Å². The molecule has 134 valence electrons. The Bertz CT molecular complexity index is 469. The van der Waals surface area contributed by atoms with E-state index in [0.29, 0.717) is 12.1 Å². The maximum Gasteiger partial charge on any atom is 0.171 e. The average molecular weight is 332 g/mol. The Hall–Kier alpha value is -1.40. The summed E-state index contributed by atoms with van der Waals surface area (Å²) in [5.74, 6) is 2.16. The first-order valence-corrected chi connectivity index (χ1v) is 9.20. The summed E-state index contributed by atoms with van der Waals surface area (Å²) in [5.41, 5.74) is 0. The first-order chi connectivity index (χ1) is 11.6. The molecule has 0 radical (unpaired) electrons. The third-order valence-corrected chi connectivity index (χ3v) is 5.65. The smallest absolute Gasteiger partial charge is 0.171 e. The van der Waals surface area contributed by atoms with E-state index >= 15 is 0 Å². The summed E-state index contributed by atoms with van der Waals surface area (Å²) in [6.45, 7) is 4.29. The first-order valence-electron chi connectivity index (χ1n) is 9.20. The molecule has 0 N–H and O–H groups in total. The van der Waals surface area contributed by atoms with E-state index in [1.807, 2.05) is 12.4 Å². The van der Waals surface area contributed by atoms with Gasteiger partial charge in [0.15, 0.2) is 11.6 Å². The van der Waals surface area contributed by atoms with E-state index in [9.17, 15) is 0 Å². The molecule has 1 aromatic rings. The highest BCUT2D eigenvalue weighted by atomic mass is 15.3. The predicted molar refractivity (Wildman–Crippen MR) is 99.9 cm³/mol. The van der Waals surface area contributed by atoms with Crippen LogP contribution < -0.4 is 9.80 Å². The van der Waals surface area contributed by atoms with Gasteiger partial charge in [-0.3, -0.25) is 0 Å². The van der Waals surface area contributed by atoms with Crippen LogP contribution in [0.25, 0.3) is 0 Å². The third-order valence-electron chi connectivity index (χ3n) is 5.65. The summed E-state index contributed by atoms with van der Waals surface area (Å²) in [7, 11) is 8.73. The van der Waals surface area contributed by atoms with Crippen LogP contribution in [0.4, 0.5) is 11.6 Å². The molecule has 6 heteroatoms. The molecule has 1 aromatic heterocycles. The second-order valence-corrected chi connectivity index (χ2v) is 7.57. The highest BCUT2D eigenvalue weighted by molar-refractivity contribution is 5.62. The van der Waals surface area contributed by atoms with Crippen LogP contribution in [0.2, 0.25) is 0 Å². The van der Waals surface area contributed by atoms with Gasteiger partial charge in [-0.25, -0.2) is 9.97 Å². The summed E-state index contributed by atoms with van der Waals surface area (Å²) in [5, 5.41) is 0. The molecular weight excluding hydrogens is 300 g/mol. The van der Waals surface area contributed by atoms with Crippen molar-refractivity contribution in [3.8, 4) is 0 Å². The molecule has 2 fully saturated rings. The van der Waals surface area contributed by atoms with Crippen LogP contribution in [0.3, 0.4) is 0 Å². The van der Waals surface area contributed by atoms with Gasteiger partial charge < -0.3 is 19.6 Å². The van der Waals surface area contributed by atoms with Gasteiger partial charge in [-0.15, -0.1) is 0 Å². The zero-order chi connectivity index (χ0) is 17.1. The SMILES string of the molecule is CN(C)C1CCN(c2nccnc2N2CCC(N(C)C)CC2)CC1. The molecule has 2 aliphatic heterocycles. The van der Waals surface area contributed by atoms with Crippen molar-refractivity contribution in [2.45, 2.75) is 37.8 Å². The minimum atomic E-state index is 0.692. The van der Waals surface area contributed by atoms with Crippen molar-refractivity contribution in [1.29, 1.82) is 0 Å². The van der Waals surface area contributed by atoms with Crippen LogP contribution in [-0.2, 0) is 0 Å². The van der Waals surface area contributed by atoms with Crippen LogP contribution in [-0.4, -0.2) is 86.2 Å². The number of hydrogen-bond donors (Lipinski definition) is 0. The van der Waals surface area contributed by atoms with Crippen molar-refractivity contribution in [1.82, 2.24) is 19.8 Å². The quantitative estimate of drug-likeness (QED) is 0.833. The number of hydrogen-bond acceptors (Lipinski definition) is 6. The molecule has 0 atom stereocenters. The molecule has 0 aliphatic carbocycles. The average Bonchev–Trinajstić information content (AvgIpc) is 2.62. The van der Waals surface area contributed by atoms with Crippen LogP contribution in [0, 0.1) is 0 Å². The molecule has 0 saturated carbocycles. The standard InChI is InChI=1S/C18H32N6/c1-21(2)15-5-11-23(12-6-15)17-18(20-10-9-19-17)24-13-7-16(8-14-24)22(3)4/h9-10,15-16H,5-8,11-14H2,1-4H3. The van der Waals surface area contributed by atoms with Crippen LogP contribution in [0.1, 0.15) is 25.7 Å². The number of rotatable bonds is 4. The van der Waals surface area contributed by atoms with Gasteiger partial charge in [0, 0.05) is 50.7 Å². The Morgan fingerprint density at radius 2 is 1.04 bits per heavy atom. The highest BCUT2D eigenvalue weighted by Gasteiger charge is 2.27. The fraction of sp³-hybridized carbons (Fsp3) is 0.778. The van der Waals surface area contributed by atoms with E-state index in [2.05, 4.69) is 47.8 Å². The molecule has 0 amide bonds. The molecule has 0 spiro atoms. The molecule has 2 aliphatic rings. The lowest BCUT2D eigenvalue weighted by atomic mass is 10.0. The topological polar surface area (TPSA) is 38.7 Å². The van der Waals surface area contributed by atoms with Crippen molar-refractivity contribution < 1.29 is 0 Å². The number of nitrogens with zero attached hydrogens (tertiary/aromatic N) is 6. The minimum Gasteiger partial charge on any atom is -0.353 e. The summed E-state index contributed by atoms with van der Waals surface area (Å²) < 4.78 is 0. The lowest BCUT2D eigenvalue weighted by molar-refractivity contribution is 0.247. The zero-order valence-electron chi connectivity index (χ0n) is 15.6. The molecule has 3 rings (SSSR count). The van der Waals surface area contributed by atoms with Crippen molar-refractivity contribution in [3.63, 3.8) is 0 Å². The van der Waals surface area contributed by atoms with Gasteiger partial charge in [0.1, 0.15) is 0 Å². The van der Waals surface area contributed by atoms with Crippen LogP contribution in [0.5, 0.6) is 0 Å². The van der Waals surface area contributed by atoms with E-state index in [4.69, 9.17) is 9.97 Å². The lowest BCUT2D eigenvalue weighted by Gasteiger charge is -2.39. The molecule has 0 bridgehead atoms. The molecule has 24 heavy (non-hydrogen) atoms. The Balaban J connectivity index is 1.68. The van der Waals surface area contributed by atoms with Crippen molar-refractivity contribution in [3.05, 3.63) is 12.4 Å². The fourth-order valence-corrected chi connectivity index (χ4v) is 3.96. The molecule has 2 saturated heterocycles. The van der Waals surface area contributed by atoms with Crippen LogP contribution >= 0.6 is 0 Å². The maximum absolute atomic E-state index is 4.70. The molecule has 3 heterocycles. The van der Waals surface area contributed by atoms with Gasteiger partial charge in [0.05, 0.1) is 0 Å². The Kier molecular flexibility index (Phi) is 5.56. The molecule has 6 nitrogen and oxygen atoms in total. The molecule has 0 aromatic carbocycles. The summed E-state index contributed by atoms with van der Waals surface area (Å²) in [4.78, 5) is 19.0. The van der Waals surface area contributed by atoms with Gasteiger partial charge in [0.25, 0.3) is 0 Å². The number of piperidine rings is 2. The molecule has 0 unspecified atom stereocenters. The van der Waals surface area contributed by atoms with Crippen molar-refractivity contribution in [2.75, 3.05) is 64.2 Å². The second kappa shape index (κ2) is 7.66. The lowest BCUT2D eigenvalue weighted by Crippen LogP contribution is -2.45. The molecular formula is C18H32N6. The second-order valence-electron chi connectivity index (χ2n) is 7.57. The van der Waals surface area contributed by atoms with E-state index in [-0.39, 0.29) is 0 Å². The number of aromatic nitrogens is 2. The van der Waals surface area contributed by atoms with Gasteiger partial charge in [-0.05, 0) is 53.9 Å². The fourth-order valence-electron chi connectivity index (χ4n) is 3.96. The van der Waals surface area contributed by atoms with Gasteiger partial charge in [-0.1, -0.05) is 0 Å². The van der Waals surface area contributed by atoms with Gasteiger partial charge in [-0.2, -0.15) is 0 Å². The summed E-state index contributed by atoms with van der Waals surface area (Å²) in [6.07, 6.45) is 8.47. The predicted octanol–water partition coefficient (Wildman–Crippen LogP) is 1.54. The number of anilines is 2. The zero-order valence-corrected chi connectivity index (χ0v) is 15.6. The minimum absolute atomic E-state index is 0.692. The maximum atomic E-state index is 4.70. The third kappa shape index (κ3) is 3.81. The monoisotopic (exact) mass is 332 g/mol. The summed E-state index contributed by atoms with van der Waals surface area (Å²) >= 11 is 0. The van der Waals surface area contributed by atoms with Crippen molar-refractivity contribution in [2.24, 2.45) is 0 Å². The Morgan fingerprint density at radius 3 is 1.33 bits per heavy atom. The largest absolute Gasteiger partial charge is 0.353 e. The van der Waals surface area contributed by atoms with Gasteiger partial charge >= 0.3 is 0 Å². The van der Waals surface area contributed by atoms with E-state index < -0.39 is 0 Å².